The quantitative estimate of drug-likeness (QED) is 0.735. The minimum absolute atomic E-state index is 0.514. The molecule has 0 radical (unpaired) electrons. The van der Waals surface area contributed by atoms with Gasteiger partial charge in [0.25, 0.3) is 0 Å². The Kier molecular flexibility index (Phi) is 3.82. The standard InChI is InChI=1S/C14H16N4/c1-12-10-14(3-2-13(12)11-16)18-8-6-17(5-4-15)7-9-18/h2-3,10H,5-9H2,1H3. The molecule has 0 bridgehead atoms. The number of anilines is 1. The second kappa shape index (κ2) is 5.53. The molecule has 1 aromatic rings. The molecule has 1 saturated heterocycles. The monoisotopic (exact) mass is 240 g/mol. The average molecular weight is 240 g/mol. The third kappa shape index (κ3) is 2.61. The molecule has 0 aromatic heterocycles. The van der Waals surface area contributed by atoms with E-state index in [2.05, 4.69) is 28.0 Å². The van der Waals surface area contributed by atoms with Gasteiger partial charge < -0.3 is 4.90 Å². The summed E-state index contributed by atoms with van der Waals surface area (Å²) in [5, 5.41) is 17.6. The van der Waals surface area contributed by atoms with Crippen molar-refractivity contribution in [1.82, 2.24) is 4.90 Å². The first-order valence-corrected chi connectivity index (χ1v) is 6.09. The molecular formula is C14H16N4. The Labute approximate surface area is 108 Å². The van der Waals surface area contributed by atoms with Crippen molar-refractivity contribution in [1.29, 1.82) is 10.5 Å². The molecule has 4 nitrogen and oxygen atoms in total. The van der Waals surface area contributed by atoms with Crippen LogP contribution in [0.2, 0.25) is 0 Å². The highest BCUT2D eigenvalue weighted by Gasteiger charge is 2.17. The molecular weight excluding hydrogens is 224 g/mol. The zero-order chi connectivity index (χ0) is 13.0. The topological polar surface area (TPSA) is 54.1 Å². The average Bonchev–Trinajstić information content (AvgIpc) is 2.40. The lowest BCUT2D eigenvalue weighted by atomic mass is 10.1. The summed E-state index contributed by atoms with van der Waals surface area (Å²) >= 11 is 0. The fourth-order valence-corrected chi connectivity index (χ4v) is 2.23. The highest BCUT2D eigenvalue weighted by molar-refractivity contribution is 5.53. The molecule has 1 aliphatic rings. The predicted molar refractivity (Wildman–Crippen MR) is 70.2 cm³/mol. The van der Waals surface area contributed by atoms with Crippen LogP contribution in [0.15, 0.2) is 18.2 Å². The van der Waals surface area contributed by atoms with Crippen LogP contribution in [-0.4, -0.2) is 37.6 Å². The number of rotatable bonds is 2. The number of aryl methyl sites for hydroxylation is 1. The van der Waals surface area contributed by atoms with Gasteiger partial charge in [0.15, 0.2) is 0 Å². The van der Waals surface area contributed by atoms with Gasteiger partial charge in [-0.2, -0.15) is 10.5 Å². The smallest absolute Gasteiger partial charge is 0.0994 e. The van der Waals surface area contributed by atoms with Crippen LogP contribution in [0.5, 0.6) is 0 Å². The van der Waals surface area contributed by atoms with Crippen LogP contribution >= 0.6 is 0 Å². The minimum atomic E-state index is 0.514. The number of nitrogens with zero attached hydrogens (tertiary/aromatic N) is 4. The van der Waals surface area contributed by atoms with E-state index in [1.54, 1.807) is 0 Å². The molecule has 1 aromatic carbocycles. The summed E-state index contributed by atoms with van der Waals surface area (Å²) in [5.41, 5.74) is 2.93. The summed E-state index contributed by atoms with van der Waals surface area (Å²) in [5.74, 6) is 0. The lowest BCUT2D eigenvalue weighted by Crippen LogP contribution is -2.46. The lowest BCUT2D eigenvalue weighted by Gasteiger charge is -2.35. The Morgan fingerprint density at radius 2 is 1.89 bits per heavy atom. The zero-order valence-electron chi connectivity index (χ0n) is 10.6. The molecule has 0 spiro atoms. The van der Waals surface area contributed by atoms with Crippen molar-refractivity contribution in [3.8, 4) is 12.1 Å². The second-order valence-corrected chi connectivity index (χ2v) is 4.53. The van der Waals surface area contributed by atoms with E-state index in [1.165, 1.54) is 5.69 Å². The predicted octanol–water partition coefficient (Wildman–Crippen LogP) is 1.51. The maximum Gasteiger partial charge on any atom is 0.0994 e. The maximum atomic E-state index is 8.91. The summed E-state index contributed by atoms with van der Waals surface area (Å²) in [6.45, 7) is 6.20. The first kappa shape index (κ1) is 12.4. The summed E-state index contributed by atoms with van der Waals surface area (Å²) in [6.07, 6.45) is 0. The third-order valence-corrected chi connectivity index (χ3v) is 3.36. The summed E-state index contributed by atoms with van der Waals surface area (Å²) in [4.78, 5) is 4.47. The normalized spacial score (nSPS) is 16.1. The van der Waals surface area contributed by atoms with E-state index in [4.69, 9.17) is 10.5 Å². The molecule has 2 rings (SSSR count). The molecule has 0 aliphatic carbocycles. The Balaban J connectivity index is 2.04. The highest BCUT2D eigenvalue weighted by Crippen LogP contribution is 2.20. The molecule has 0 unspecified atom stereocenters. The van der Waals surface area contributed by atoms with Gasteiger partial charge in [-0.25, -0.2) is 0 Å². The summed E-state index contributed by atoms with van der Waals surface area (Å²) < 4.78 is 0. The lowest BCUT2D eigenvalue weighted by molar-refractivity contribution is 0.287. The number of piperazine rings is 1. The molecule has 0 atom stereocenters. The van der Waals surface area contributed by atoms with Crippen molar-refractivity contribution in [2.45, 2.75) is 6.92 Å². The molecule has 18 heavy (non-hydrogen) atoms. The third-order valence-electron chi connectivity index (χ3n) is 3.36. The number of nitriles is 2. The first-order valence-electron chi connectivity index (χ1n) is 6.09. The van der Waals surface area contributed by atoms with Crippen LogP contribution in [0.1, 0.15) is 11.1 Å². The SMILES string of the molecule is Cc1cc(N2CCN(CC#N)CC2)ccc1C#N. The second-order valence-electron chi connectivity index (χ2n) is 4.53. The van der Waals surface area contributed by atoms with Crippen molar-refractivity contribution in [2.75, 3.05) is 37.6 Å². The number of benzene rings is 1. The van der Waals surface area contributed by atoms with Crippen LogP contribution < -0.4 is 4.90 Å². The van der Waals surface area contributed by atoms with Crippen molar-refractivity contribution in [3.63, 3.8) is 0 Å². The van der Waals surface area contributed by atoms with E-state index < -0.39 is 0 Å². The van der Waals surface area contributed by atoms with Gasteiger partial charge >= 0.3 is 0 Å². The minimum Gasteiger partial charge on any atom is -0.369 e. The Hall–Kier alpha value is -2.04. The fourth-order valence-electron chi connectivity index (χ4n) is 2.23. The Morgan fingerprint density at radius 3 is 2.44 bits per heavy atom. The van der Waals surface area contributed by atoms with Crippen molar-refractivity contribution < 1.29 is 0 Å². The van der Waals surface area contributed by atoms with Crippen molar-refractivity contribution in [2.24, 2.45) is 0 Å². The first-order chi connectivity index (χ1) is 8.74. The summed E-state index contributed by atoms with van der Waals surface area (Å²) in [6, 6.07) is 10.3. The van der Waals surface area contributed by atoms with Crippen LogP contribution in [-0.2, 0) is 0 Å². The number of hydrogen-bond donors (Lipinski definition) is 0. The van der Waals surface area contributed by atoms with Crippen LogP contribution in [0.25, 0.3) is 0 Å². The zero-order valence-corrected chi connectivity index (χ0v) is 10.6. The number of hydrogen-bond acceptors (Lipinski definition) is 4. The van der Waals surface area contributed by atoms with Gasteiger partial charge in [0, 0.05) is 31.9 Å². The van der Waals surface area contributed by atoms with E-state index in [0.29, 0.717) is 6.54 Å². The fraction of sp³-hybridized carbons (Fsp3) is 0.429. The maximum absolute atomic E-state index is 8.91. The van der Waals surface area contributed by atoms with E-state index in [0.717, 1.165) is 37.3 Å². The van der Waals surface area contributed by atoms with Crippen molar-refractivity contribution >= 4 is 5.69 Å². The van der Waals surface area contributed by atoms with Crippen LogP contribution in [0, 0.1) is 29.6 Å². The van der Waals surface area contributed by atoms with E-state index in [9.17, 15) is 0 Å². The molecule has 1 fully saturated rings. The van der Waals surface area contributed by atoms with Gasteiger partial charge in [-0.05, 0) is 30.7 Å². The van der Waals surface area contributed by atoms with E-state index in [1.807, 2.05) is 19.1 Å². The van der Waals surface area contributed by atoms with Crippen LogP contribution in [0.4, 0.5) is 5.69 Å². The molecule has 0 N–H and O–H groups in total. The molecule has 0 saturated carbocycles. The van der Waals surface area contributed by atoms with Gasteiger partial charge in [0.1, 0.15) is 0 Å². The molecule has 1 heterocycles. The highest BCUT2D eigenvalue weighted by atomic mass is 15.3. The Bertz CT molecular complexity index is 502. The molecule has 4 heteroatoms. The van der Waals surface area contributed by atoms with Gasteiger partial charge in [0.2, 0.25) is 0 Å². The largest absolute Gasteiger partial charge is 0.369 e. The molecule has 1 aliphatic heterocycles. The summed E-state index contributed by atoms with van der Waals surface area (Å²) in [7, 11) is 0. The van der Waals surface area contributed by atoms with E-state index >= 15 is 0 Å². The van der Waals surface area contributed by atoms with Gasteiger partial charge in [-0.3, -0.25) is 4.90 Å². The molecule has 0 amide bonds. The van der Waals surface area contributed by atoms with Gasteiger partial charge in [-0.15, -0.1) is 0 Å². The Morgan fingerprint density at radius 1 is 1.17 bits per heavy atom. The van der Waals surface area contributed by atoms with Gasteiger partial charge in [-0.1, -0.05) is 0 Å². The van der Waals surface area contributed by atoms with Crippen molar-refractivity contribution in [3.05, 3.63) is 29.3 Å². The van der Waals surface area contributed by atoms with E-state index in [-0.39, 0.29) is 0 Å². The van der Waals surface area contributed by atoms with Crippen LogP contribution in [0.3, 0.4) is 0 Å². The van der Waals surface area contributed by atoms with Gasteiger partial charge in [0.05, 0.1) is 24.2 Å². The molecule has 92 valence electrons.